The topological polar surface area (TPSA) is 78.9 Å². The van der Waals surface area contributed by atoms with Crippen LogP contribution in [-0.2, 0) is 14.9 Å². The van der Waals surface area contributed by atoms with Crippen molar-refractivity contribution in [2.75, 3.05) is 27.2 Å². The highest BCUT2D eigenvalue weighted by Crippen LogP contribution is 2.23. The van der Waals surface area contributed by atoms with Gasteiger partial charge >= 0.3 is 0 Å². The van der Waals surface area contributed by atoms with Crippen LogP contribution < -0.4 is 5.43 Å². The number of benzene rings is 1. The highest BCUT2D eigenvalue weighted by Gasteiger charge is 2.24. The van der Waals surface area contributed by atoms with Gasteiger partial charge in [-0.15, -0.1) is 0 Å². The van der Waals surface area contributed by atoms with Crippen molar-refractivity contribution in [1.82, 2.24) is 14.9 Å². The molecule has 0 bridgehead atoms. The van der Waals surface area contributed by atoms with Crippen LogP contribution in [-0.4, -0.2) is 51.0 Å². The van der Waals surface area contributed by atoms with E-state index >= 15 is 0 Å². The Bertz CT molecular complexity index is 675. The van der Waals surface area contributed by atoms with Gasteiger partial charge in [0.1, 0.15) is 0 Å². The quantitative estimate of drug-likeness (QED) is 0.754. The van der Waals surface area contributed by atoms with Crippen LogP contribution in [0.15, 0.2) is 27.6 Å². The van der Waals surface area contributed by atoms with Gasteiger partial charge in [-0.05, 0) is 47.0 Å². The van der Waals surface area contributed by atoms with Crippen LogP contribution in [0, 0.1) is 0 Å². The molecule has 0 unspecified atom stereocenters. The highest BCUT2D eigenvalue weighted by molar-refractivity contribution is 9.10. The van der Waals surface area contributed by atoms with E-state index in [1.165, 1.54) is 26.3 Å². The Morgan fingerprint density at radius 1 is 1.30 bits per heavy atom. The molecule has 1 N–H and O–H groups in total. The van der Waals surface area contributed by atoms with Gasteiger partial charge in [-0.1, -0.05) is 10.9 Å². The van der Waals surface area contributed by atoms with Gasteiger partial charge in [-0.2, -0.15) is 0 Å². The number of hydrazine groups is 1. The molecule has 2 rings (SSSR count). The van der Waals surface area contributed by atoms with E-state index in [2.05, 4.69) is 21.4 Å². The molecule has 9 heteroatoms. The molecule has 1 fully saturated rings. The molecule has 1 heterocycles. The fourth-order valence-corrected chi connectivity index (χ4v) is 3.72. The number of rotatable bonds is 5. The molecule has 0 aliphatic carbocycles. The van der Waals surface area contributed by atoms with Gasteiger partial charge in [0.05, 0.1) is 17.6 Å². The normalized spacial score (nSPS) is 16.5. The third-order valence-corrected chi connectivity index (χ3v) is 6.06. The van der Waals surface area contributed by atoms with Crippen molar-refractivity contribution < 1.29 is 18.0 Å². The van der Waals surface area contributed by atoms with Crippen molar-refractivity contribution in [1.29, 1.82) is 0 Å². The number of hydrogen-bond acceptors (Lipinski definition) is 5. The SMILES string of the molecule is CON(C)S(=O)(=O)c1ccc(Br)c(C(=O)NN2CCCCC2)c1. The average molecular weight is 406 g/mol. The first-order valence-corrected chi connectivity index (χ1v) is 9.48. The van der Waals surface area contributed by atoms with E-state index in [1.54, 1.807) is 6.07 Å². The van der Waals surface area contributed by atoms with Crippen molar-refractivity contribution in [3.05, 3.63) is 28.2 Å². The summed E-state index contributed by atoms with van der Waals surface area (Å²) in [5.74, 6) is -0.337. The van der Waals surface area contributed by atoms with Crippen molar-refractivity contribution in [2.45, 2.75) is 24.2 Å². The molecule has 0 radical (unpaired) electrons. The van der Waals surface area contributed by atoms with Gasteiger partial charge in [0.25, 0.3) is 15.9 Å². The number of nitrogens with zero attached hydrogens (tertiary/aromatic N) is 2. The van der Waals surface area contributed by atoms with Crippen LogP contribution in [0.1, 0.15) is 29.6 Å². The summed E-state index contributed by atoms with van der Waals surface area (Å²) in [6.07, 6.45) is 3.23. The predicted octanol–water partition coefficient (Wildman–Crippen LogP) is 1.76. The van der Waals surface area contributed by atoms with Crippen molar-refractivity contribution in [3.63, 3.8) is 0 Å². The van der Waals surface area contributed by atoms with Gasteiger partial charge in [0.15, 0.2) is 0 Å². The van der Waals surface area contributed by atoms with E-state index in [0.29, 0.717) is 4.47 Å². The van der Waals surface area contributed by atoms with Gasteiger partial charge in [-0.3, -0.25) is 15.1 Å². The largest absolute Gasteiger partial charge is 0.288 e. The zero-order valence-corrected chi connectivity index (χ0v) is 15.5. The number of hydroxylamine groups is 1. The number of sulfonamides is 1. The Morgan fingerprint density at radius 2 is 1.96 bits per heavy atom. The van der Waals surface area contributed by atoms with Crippen LogP contribution in [0.5, 0.6) is 0 Å². The number of carbonyl (C=O) groups is 1. The highest BCUT2D eigenvalue weighted by atomic mass is 79.9. The molecule has 128 valence electrons. The lowest BCUT2D eigenvalue weighted by atomic mass is 10.1. The minimum atomic E-state index is -3.80. The van der Waals surface area contributed by atoms with Crippen LogP contribution in [0.25, 0.3) is 0 Å². The van der Waals surface area contributed by atoms with Crippen molar-refractivity contribution in [3.8, 4) is 0 Å². The molecule has 1 aromatic carbocycles. The lowest BCUT2D eigenvalue weighted by molar-refractivity contribution is -0.0258. The first-order valence-electron chi connectivity index (χ1n) is 7.25. The molecule has 1 aliphatic heterocycles. The third-order valence-electron chi connectivity index (χ3n) is 3.69. The first-order chi connectivity index (χ1) is 10.9. The van der Waals surface area contributed by atoms with E-state index in [1.807, 2.05) is 5.01 Å². The summed E-state index contributed by atoms with van der Waals surface area (Å²) in [6, 6.07) is 4.31. The van der Waals surface area contributed by atoms with E-state index in [9.17, 15) is 13.2 Å². The van der Waals surface area contributed by atoms with Gasteiger partial charge in [-0.25, -0.2) is 13.4 Å². The lowest BCUT2D eigenvalue weighted by Gasteiger charge is -2.27. The van der Waals surface area contributed by atoms with Crippen molar-refractivity contribution >= 4 is 31.9 Å². The summed E-state index contributed by atoms with van der Waals surface area (Å²) in [6.45, 7) is 1.60. The van der Waals surface area contributed by atoms with E-state index in [4.69, 9.17) is 4.84 Å². The minimum absolute atomic E-state index is 0.00570. The van der Waals surface area contributed by atoms with Crippen LogP contribution in [0.4, 0.5) is 0 Å². The molecule has 1 aromatic rings. The molecule has 0 atom stereocenters. The molecule has 0 saturated carbocycles. The Morgan fingerprint density at radius 3 is 2.57 bits per heavy atom. The van der Waals surface area contributed by atoms with Crippen LogP contribution in [0.3, 0.4) is 0 Å². The second-order valence-electron chi connectivity index (χ2n) is 5.23. The van der Waals surface area contributed by atoms with E-state index in [0.717, 1.165) is 36.8 Å². The number of carbonyl (C=O) groups excluding carboxylic acids is 1. The molecule has 1 saturated heterocycles. The molecule has 1 aliphatic rings. The zero-order valence-electron chi connectivity index (χ0n) is 13.1. The van der Waals surface area contributed by atoms with E-state index < -0.39 is 10.0 Å². The standard InChI is InChI=1S/C14H20BrN3O4S/c1-17(22-2)23(20,21)11-6-7-13(15)12(10-11)14(19)16-18-8-4-3-5-9-18/h6-7,10H,3-5,8-9H2,1-2H3,(H,16,19). The predicted molar refractivity (Wildman–Crippen MR) is 89.0 cm³/mol. The van der Waals surface area contributed by atoms with Gasteiger partial charge in [0, 0.05) is 24.6 Å². The monoisotopic (exact) mass is 405 g/mol. The second-order valence-corrected chi connectivity index (χ2v) is 8.02. The smallest absolute Gasteiger partial charge is 0.266 e. The van der Waals surface area contributed by atoms with Gasteiger partial charge in [0.2, 0.25) is 0 Å². The molecule has 0 aromatic heterocycles. The zero-order chi connectivity index (χ0) is 17.0. The molecule has 7 nitrogen and oxygen atoms in total. The second kappa shape index (κ2) is 7.71. The van der Waals surface area contributed by atoms with Gasteiger partial charge < -0.3 is 0 Å². The number of amides is 1. The fraction of sp³-hybridized carbons (Fsp3) is 0.500. The minimum Gasteiger partial charge on any atom is -0.288 e. The number of piperidine rings is 1. The lowest BCUT2D eigenvalue weighted by Crippen LogP contribution is -2.45. The summed E-state index contributed by atoms with van der Waals surface area (Å²) < 4.78 is 25.9. The Hall–Kier alpha value is -1.00. The summed E-state index contributed by atoms with van der Waals surface area (Å²) in [7, 11) is -1.24. The summed E-state index contributed by atoms with van der Waals surface area (Å²) in [5.41, 5.74) is 3.09. The summed E-state index contributed by atoms with van der Waals surface area (Å²) in [5, 5.41) is 1.86. The maximum absolute atomic E-state index is 12.4. The Balaban J connectivity index is 2.25. The molecular formula is C14H20BrN3O4S. The maximum atomic E-state index is 12.4. The van der Waals surface area contributed by atoms with E-state index in [-0.39, 0.29) is 16.4 Å². The molecule has 23 heavy (non-hydrogen) atoms. The third kappa shape index (κ3) is 4.30. The summed E-state index contributed by atoms with van der Waals surface area (Å²) >= 11 is 3.30. The molecule has 0 spiro atoms. The Kier molecular flexibility index (Phi) is 6.15. The number of hydrogen-bond donors (Lipinski definition) is 1. The summed E-state index contributed by atoms with van der Waals surface area (Å²) in [4.78, 5) is 17.2. The first kappa shape index (κ1) is 18.3. The number of nitrogens with one attached hydrogen (secondary N) is 1. The average Bonchev–Trinajstić information content (AvgIpc) is 2.55. The number of halogens is 1. The maximum Gasteiger partial charge on any atom is 0.266 e. The van der Waals surface area contributed by atoms with Crippen LogP contribution >= 0.6 is 15.9 Å². The van der Waals surface area contributed by atoms with Crippen molar-refractivity contribution in [2.24, 2.45) is 0 Å². The fourth-order valence-electron chi connectivity index (χ4n) is 2.29. The molecule has 1 amide bonds. The van der Waals surface area contributed by atoms with Crippen LogP contribution in [0.2, 0.25) is 0 Å². The molecular weight excluding hydrogens is 386 g/mol. The Labute approximate surface area is 144 Å².